The number of nitrogens with zero attached hydrogens (tertiary/aromatic N) is 3. The molecule has 0 unspecified atom stereocenters. The topological polar surface area (TPSA) is 96.3 Å². The zero-order valence-electron chi connectivity index (χ0n) is 11.4. The summed E-state index contributed by atoms with van der Waals surface area (Å²) in [5.74, 6) is 1.87. The Labute approximate surface area is 124 Å². The van der Waals surface area contributed by atoms with E-state index in [2.05, 4.69) is 15.1 Å². The number of methoxy groups -OCH3 is 2. The van der Waals surface area contributed by atoms with E-state index in [4.69, 9.17) is 19.7 Å². The zero-order valence-corrected chi connectivity index (χ0v) is 12.2. The Morgan fingerprint density at radius 1 is 1.19 bits per heavy atom. The summed E-state index contributed by atoms with van der Waals surface area (Å²) < 4.78 is 15.7. The van der Waals surface area contributed by atoms with Crippen LogP contribution in [-0.2, 0) is 0 Å². The van der Waals surface area contributed by atoms with Crippen LogP contribution >= 0.6 is 11.3 Å². The minimum Gasteiger partial charge on any atom is -0.493 e. The fourth-order valence-electron chi connectivity index (χ4n) is 1.84. The van der Waals surface area contributed by atoms with Gasteiger partial charge in [-0.2, -0.15) is 4.98 Å². The molecule has 8 heteroatoms. The minimum atomic E-state index is 0.317. The van der Waals surface area contributed by atoms with Crippen molar-refractivity contribution in [2.75, 3.05) is 20.0 Å². The van der Waals surface area contributed by atoms with Gasteiger partial charge in [-0.15, -0.1) is 11.3 Å². The van der Waals surface area contributed by atoms with Crippen LogP contribution < -0.4 is 15.2 Å². The van der Waals surface area contributed by atoms with Crippen LogP contribution in [0.1, 0.15) is 0 Å². The smallest absolute Gasteiger partial charge is 0.260 e. The molecule has 108 valence electrons. The van der Waals surface area contributed by atoms with Crippen LogP contribution in [0.15, 0.2) is 28.4 Å². The van der Waals surface area contributed by atoms with Crippen molar-refractivity contribution in [3.8, 4) is 33.7 Å². The summed E-state index contributed by atoms with van der Waals surface area (Å²) in [7, 11) is 3.10. The molecule has 3 aromatic rings. The van der Waals surface area contributed by atoms with Crippen LogP contribution in [0.2, 0.25) is 0 Å². The first-order valence-corrected chi connectivity index (χ1v) is 6.85. The van der Waals surface area contributed by atoms with Gasteiger partial charge in [0.15, 0.2) is 11.5 Å². The summed E-state index contributed by atoms with van der Waals surface area (Å²) in [6, 6.07) is 3.36. The van der Waals surface area contributed by atoms with Gasteiger partial charge in [-0.25, -0.2) is 0 Å². The van der Waals surface area contributed by atoms with E-state index < -0.39 is 0 Å². The van der Waals surface area contributed by atoms with Crippen molar-refractivity contribution in [3.05, 3.63) is 23.8 Å². The first-order valence-electron chi connectivity index (χ1n) is 5.97. The van der Waals surface area contributed by atoms with Gasteiger partial charge in [0.05, 0.1) is 30.2 Å². The summed E-state index contributed by atoms with van der Waals surface area (Å²) in [4.78, 5) is 9.14. The summed E-state index contributed by atoms with van der Waals surface area (Å²) in [5, 5.41) is 3.93. The Morgan fingerprint density at radius 3 is 2.62 bits per heavy atom. The van der Waals surface area contributed by atoms with Crippen LogP contribution in [0.25, 0.3) is 22.2 Å². The molecule has 2 aromatic heterocycles. The van der Waals surface area contributed by atoms with Gasteiger partial charge < -0.3 is 19.7 Å². The number of nitrogen functional groups attached to an aromatic ring is 1. The van der Waals surface area contributed by atoms with Crippen molar-refractivity contribution in [1.82, 2.24) is 15.1 Å². The van der Waals surface area contributed by atoms with Crippen LogP contribution in [0.4, 0.5) is 5.69 Å². The lowest BCUT2D eigenvalue weighted by molar-refractivity contribution is 0.355. The highest BCUT2D eigenvalue weighted by Gasteiger charge is 2.17. The third kappa shape index (κ3) is 2.40. The maximum absolute atomic E-state index is 6.01. The first-order chi connectivity index (χ1) is 10.2. The van der Waals surface area contributed by atoms with Crippen LogP contribution in [0, 0.1) is 0 Å². The summed E-state index contributed by atoms with van der Waals surface area (Å²) >= 11 is 1.43. The second-order valence-corrected chi connectivity index (χ2v) is 4.97. The molecule has 7 nitrogen and oxygen atoms in total. The highest BCUT2D eigenvalue weighted by molar-refractivity contribution is 7.13. The number of ether oxygens (including phenoxy) is 2. The SMILES string of the molecule is COc1cc(N)c(-c2nc(-c3cncs3)no2)cc1OC. The van der Waals surface area contributed by atoms with Crippen molar-refractivity contribution in [3.63, 3.8) is 0 Å². The second kappa shape index (κ2) is 5.41. The molecule has 0 radical (unpaired) electrons. The van der Waals surface area contributed by atoms with E-state index in [1.54, 1.807) is 38.1 Å². The predicted molar refractivity (Wildman–Crippen MR) is 78.4 cm³/mol. The lowest BCUT2D eigenvalue weighted by atomic mass is 10.1. The summed E-state index contributed by atoms with van der Waals surface area (Å²) in [6.45, 7) is 0. The quantitative estimate of drug-likeness (QED) is 0.739. The molecule has 0 amide bonds. The summed E-state index contributed by atoms with van der Waals surface area (Å²) in [6.07, 6.45) is 1.68. The molecule has 0 fully saturated rings. The Morgan fingerprint density at radius 2 is 1.95 bits per heavy atom. The third-order valence-corrected chi connectivity index (χ3v) is 3.63. The normalized spacial score (nSPS) is 10.6. The van der Waals surface area contributed by atoms with Gasteiger partial charge in [0.25, 0.3) is 5.89 Å². The van der Waals surface area contributed by atoms with Gasteiger partial charge in [-0.1, -0.05) is 5.16 Å². The van der Waals surface area contributed by atoms with Gasteiger partial charge >= 0.3 is 0 Å². The van der Waals surface area contributed by atoms with Gasteiger partial charge in [0.2, 0.25) is 5.82 Å². The molecule has 0 aliphatic rings. The maximum atomic E-state index is 6.01. The van der Waals surface area contributed by atoms with Gasteiger partial charge in [-0.3, -0.25) is 4.98 Å². The number of hydrogen-bond acceptors (Lipinski definition) is 8. The number of thiazole rings is 1. The number of hydrogen-bond donors (Lipinski definition) is 1. The molecule has 0 saturated carbocycles. The van der Waals surface area contributed by atoms with E-state index in [0.717, 1.165) is 4.88 Å². The molecule has 3 rings (SSSR count). The Balaban J connectivity index is 2.04. The largest absolute Gasteiger partial charge is 0.493 e. The zero-order chi connectivity index (χ0) is 14.8. The van der Waals surface area contributed by atoms with Crippen LogP contribution in [-0.4, -0.2) is 29.3 Å². The molecule has 2 heterocycles. The molecule has 1 aromatic carbocycles. The highest BCUT2D eigenvalue weighted by Crippen LogP contribution is 2.37. The molecule has 0 saturated heterocycles. The number of aromatic nitrogens is 3. The average molecular weight is 304 g/mol. The monoisotopic (exact) mass is 304 g/mol. The van der Waals surface area contributed by atoms with E-state index in [1.807, 2.05) is 0 Å². The van der Waals surface area contributed by atoms with E-state index in [0.29, 0.717) is 34.5 Å². The molecule has 0 atom stereocenters. The maximum Gasteiger partial charge on any atom is 0.260 e. The Bertz CT molecular complexity index is 755. The Hall–Kier alpha value is -2.61. The fraction of sp³-hybridized carbons (Fsp3) is 0.154. The van der Waals surface area contributed by atoms with Crippen molar-refractivity contribution in [2.45, 2.75) is 0 Å². The second-order valence-electron chi connectivity index (χ2n) is 4.08. The van der Waals surface area contributed by atoms with Crippen molar-refractivity contribution >= 4 is 17.0 Å². The third-order valence-electron chi connectivity index (χ3n) is 2.86. The number of anilines is 1. The van der Waals surface area contributed by atoms with E-state index >= 15 is 0 Å². The molecule has 0 bridgehead atoms. The molecule has 0 spiro atoms. The molecular weight excluding hydrogens is 292 g/mol. The number of rotatable bonds is 4. The highest BCUT2D eigenvalue weighted by atomic mass is 32.1. The van der Waals surface area contributed by atoms with E-state index in [1.165, 1.54) is 11.3 Å². The molecule has 0 aliphatic carbocycles. The van der Waals surface area contributed by atoms with E-state index in [9.17, 15) is 0 Å². The van der Waals surface area contributed by atoms with Crippen LogP contribution in [0.5, 0.6) is 11.5 Å². The molecule has 2 N–H and O–H groups in total. The van der Waals surface area contributed by atoms with Gasteiger partial charge in [0, 0.05) is 18.0 Å². The molecule has 21 heavy (non-hydrogen) atoms. The van der Waals surface area contributed by atoms with Crippen LogP contribution in [0.3, 0.4) is 0 Å². The standard InChI is InChI=1S/C13H12N4O3S/c1-18-9-3-7(8(14)4-10(9)19-2)13-16-12(17-20-13)11-5-15-6-21-11/h3-6H,14H2,1-2H3. The lowest BCUT2D eigenvalue weighted by Crippen LogP contribution is -1.96. The summed E-state index contributed by atoms with van der Waals surface area (Å²) in [5.41, 5.74) is 8.77. The number of benzene rings is 1. The predicted octanol–water partition coefficient (Wildman–Crippen LogP) is 2.46. The van der Waals surface area contributed by atoms with Gasteiger partial charge in [0.1, 0.15) is 0 Å². The van der Waals surface area contributed by atoms with Crippen molar-refractivity contribution in [1.29, 1.82) is 0 Å². The first kappa shape index (κ1) is 13.4. The molecule has 0 aliphatic heterocycles. The fourth-order valence-corrected chi connectivity index (χ4v) is 2.38. The van der Waals surface area contributed by atoms with Crippen molar-refractivity contribution in [2.24, 2.45) is 0 Å². The average Bonchev–Trinajstić information content (AvgIpc) is 3.17. The van der Waals surface area contributed by atoms with Crippen molar-refractivity contribution < 1.29 is 14.0 Å². The van der Waals surface area contributed by atoms with E-state index in [-0.39, 0.29) is 0 Å². The van der Waals surface area contributed by atoms with Gasteiger partial charge in [-0.05, 0) is 6.07 Å². The Kier molecular flexibility index (Phi) is 3.44. The lowest BCUT2D eigenvalue weighted by Gasteiger charge is -2.10. The number of nitrogens with two attached hydrogens (primary N) is 1. The molecular formula is C13H12N4O3S. The minimum absolute atomic E-state index is 0.317.